The van der Waals surface area contributed by atoms with Gasteiger partial charge in [0.1, 0.15) is 0 Å². The van der Waals surface area contributed by atoms with Crippen LogP contribution in [0.2, 0.25) is 5.02 Å². The molecular formula is C11H9ClN2O2S. The Kier molecular flexibility index (Phi) is 3.83. The predicted octanol–water partition coefficient (Wildman–Crippen LogP) is 2.07. The second kappa shape index (κ2) is 5.35. The smallest absolute Gasteiger partial charge is 0.251 e. The van der Waals surface area contributed by atoms with Gasteiger partial charge in [-0.05, 0) is 23.4 Å². The summed E-state index contributed by atoms with van der Waals surface area (Å²) < 4.78 is 0. The van der Waals surface area contributed by atoms with Gasteiger partial charge in [-0.2, -0.15) is 0 Å². The lowest BCUT2D eigenvalue weighted by Crippen LogP contribution is -2.05. The molecule has 6 heteroatoms. The summed E-state index contributed by atoms with van der Waals surface area (Å²) in [6.45, 7) is -0.111. The van der Waals surface area contributed by atoms with E-state index in [1.807, 2.05) is 0 Å². The number of hydrogen-bond acceptors (Lipinski definition) is 4. The van der Waals surface area contributed by atoms with E-state index in [0.717, 1.165) is 0 Å². The van der Waals surface area contributed by atoms with E-state index >= 15 is 0 Å². The van der Waals surface area contributed by atoms with Crippen LogP contribution in [-0.4, -0.2) is 15.1 Å². The Morgan fingerprint density at radius 1 is 1.41 bits per heavy atom. The standard InChI is InChI=1S/C11H9ClN2O2S/c12-8-3-1-2-7(6-15)10(8)17-11-13-5-4-9(16)14-11/h1-5,15H,6H2,(H,13,14,16). The van der Waals surface area contributed by atoms with Gasteiger partial charge in [-0.3, -0.25) is 4.79 Å². The second-order valence-corrected chi connectivity index (χ2v) is 4.63. The minimum Gasteiger partial charge on any atom is -0.392 e. The Labute approximate surface area is 107 Å². The van der Waals surface area contributed by atoms with E-state index in [9.17, 15) is 9.90 Å². The van der Waals surface area contributed by atoms with Gasteiger partial charge in [-0.15, -0.1) is 0 Å². The average Bonchev–Trinajstić information content (AvgIpc) is 2.32. The first kappa shape index (κ1) is 12.2. The molecule has 0 atom stereocenters. The highest BCUT2D eigenvalue weighted by Crippen LogP contribution is 2.33. The van der Waals surface area contributed by atoms with Gasteiger partial charge in [0.25, 0.3) is 5.56 Å². The summed E-state index contributed by atoms with van der Waals surface area (Å²) in [6.07, 6.45) is 1.43. The van der Waals surface area contributed by atoms with Crippen molar-refractivity contribution in [3.63, 3.8) is 0 Å². The van der Waals surface area contributed by atoms with Gasteiger partial charge in [-0.25, -0.2) is 4.98 Å². The van der Waals surface area contributed by atoms with E-state index < -0.39 is 0 Å². The monoisotopic (exact) mass is 268 g/mol. The van der Waals surface area contributed by atoms with Gasteiger partial charge >= 0.3 is 0 Å². The first-order valence-electron chi connectivity index (χ1n) is 4.82. The van der Waals surface area contributed by atoms with E-state index in [-0.39, 0.29) is 12.2 Å². The maximum absolute atomic E-state index is 11.1. The van der Waals surface area contributed by atoms with Crippen molar-refractivity contribution in [2.24, 2.45) is 0 Å². The number of nitrogens with zero attached hydrogens (tertiary/aromatic N) is 1. The van der Waals surface area contributed by atoms with Gasteiger partial charge in [0, 0.05) is 17.2 Å². The minimum absolute atomic E-state index is 0.111. The van der Waals surface area contributed by atoms with Crippen LogP contribution in [-0.2, 0) is 6.61 Å². The highest BCUT2D eigenvalue weighted by Gasteiger charge is 2.09. The van der Waals surface area contributed by atoms with Crippen LogP contribution in [0, 0.1) is 0 Å². The predicted molar refractivity (Wildman–Crippen MR) is 66.4 cm³/mol. The topological polar surface area (TPSA) is 66.0 Å². The van der Waals surface area contributed by atoms with E-state index in [1.165, 1.54) is 24.0 Å². The SMILES string of the molecule is O=c1ccnc(Sc2c(Cl)cccc2CO)[nH]1. The molecule has 1 aromatic heterocycles. The maximum atomic E-state index is 11.1. The molecule has 2 aromatic rings. The fraction of sp³-hybridized carbons (Fsp3) is 0.0909. The third-order valence-corrected chi connectivity index (χ3v) is 3.58. The molecule has 0 aliphatic carbocycles. The molecule has 1 aromatic carbocycles. The number of H-pyrrole nitrogens is 1. The summed E-state index contributed by atoms with van der Waals surface area (Å²) in [4.78, 5) is 18.4. The van der Waals surface area contributed by atoms with Gasteiger partial charge < -0.3 is 10.1 Å². The molecule has 0 saturated heterocycles. The summed E-state index contributed by atoms with van der Waals surface area (Å²) in [5.74, 6) is 0. The Balaban J connectivity index is 2.39. The van der Waals surface area contributed by atoms with Crippen LogP contribution >= 0.6 is 23.4 Å². The normalized spacial score (nSPS) is 10.5. The van der Waals surface area contributed by atoms with E-state index in [1.54, 1.807) is 18.2 Å². The highest BCUT2D eigenvalue weighted by molar-refractivity contribution is 7.99. The molecular weight excluding hydrogens is 260 g/mol. The molecule has 0 bridgehead atoms. The molecule has 0 amide bonds. The third-order valence-electron chi connectivity index (χ3n) is 2.07. The summed E-state index contributed by atoms with van der Waals surface area (Å²) in [5, 5.41) is 10.2. The molecule has 17 heavy (non-hydrogen) atoms. The molecule has 0 aliphatic rings. The Morgan fingerprint density at radius 3 is 2.94 bits per heavy atom. The Morgan fingerprint density at radius 2 is 2.24 bits per heavy atom. The largest absolute Gasteiger partial charge is 0.392 e. The van der Waals surface area contributed by atoms with Crippen molar-refractivity contribution in [3.8, 4) is 0 Å². The highest BCUT2D eigenvalue weighted by atomic mass is 35.5. The summed E-state index contributed by atoms with van der Waals surface area (Å²) in [7, 11) is 0. The lowest BCUT2D eigenvalue weighted by Gasteiger charge is -2.07. The van der Waals surface area contributed by atoms with Crippen LogP contribution < -0.4 is 5.56 Å². The molecule has 1 heterocycles. The molecule has 0 spiro atoms. The summed E-state index contributed by atoms with van der Waals surface area (Å²) >= 11 is 7.27. The van der Waals surface area contributed by atoms with E-state index in [2.05, 4.69) is 9.97 Å². The molecule has 0 radical (unpaired) electrons. The molecule has 2 rings (SSSR count). The number of aliphatic hydroxyl groups is 1. The average molecular weight is 269 g/mol. The van der Waals surface area contributed by atoms with Crippen LogP contribution in [0.1, 0.15) is 5.56 Å². The molecule has 4 nitrogen and oxygen atoms in total. The van der Waals surface area contributed by atoms with Gasteiger partial charge in [0.05, 0.1) is 11.6 Å². The Bertz CT molecular complexity index is 586. The van der Waals surface area contributed by atoms with E-state index in [4.69, 9.17) is 11.6 Å². The zero-order chi connectivity index (χ0) is 12.3. The van der Waals surface area contributed by atoms with Crippen molar-refractivity contribution in [2.75, 3.05) is 0 Å². The van der Waals surface area contributed by atoms with Gasteiger partial charge in [0.15, 0.2) is 5.16 Å². The van der Waals surface area contributed by atoms with Crippen LogP contribution in [0.3, 0.4) is 0 Å². The van der Waals surface area contributed by atoms with Crippen LogP contribution in [0.5, 0.6) is 0 Å². The van der Waals surface area contributed by atoms with Crippen molar-refractivity contribution >= 4 is 23.4 Å². The van der Waals surface area contributed by atoms with Crippen LogP contribution in [0.15, 0.2) is 45.3 Å². The van der Waals surface area contributed by atoms with Crippen molar-refractivity contribution in [2.45, 2.75) is 16.7 Å². The van der Waals surface area contributed by atoms with Crippen LogP contribution in [0.4, 0.5) is 0 Å². The fourth-order valence-electron chi connectivity index (χ4n) is 1.29. The molecule has 2 N–H and O–H groups in total. The minimum atomic E-state index is -0.222. The second-order valence-electron chi connectivity index (χ2n) is 3.23. The van der Waals surface area contributed by atoms with E-state index in [0.29, 0.717) is 20.6 Å². The lowest BCUT2D eigenvalue weighted by atomic mass is 10.2. The van der Waals surface area contributed by atoms with Crippen molar-refractivity contribution in [1.29, 1.82) is 0 Å². The molecule has 0 fully saturated rings. The first-order chi connectivity index (χ1) is 8.20. The van der Waals surface area contributed by atoms with Crippen molar-refractivity contribution < 1.29 is 5.11 Å². The fourth-order valence-corrected chi connectivity index (χ4v) is 2.49. The molecule has 0 aliphatic heterocycles. The van der Waals surface area contributed by atoms with Crippen LogP contribution in [0.25, 0.3) is 0 Å². The molecule has 0 saturated carbocycles. The lowest BCUT2D eigenvalue weighted by molar-refractivity contribution is 0.279. The quantitative estimate of drug-likeness (QED) is 0.837. The maximum Gasteiger partial charge on any atom is 0.251 e. The number of aromatic nitrogens is 2. The van der Waals surface area contributed by atoms with Crippen molar-refractivity contribution in [1.82, 2.24) is 9.97 Å². The van der Waals surface area contributed by atoms with Crippen molar-refractivity contribution in [3.05, 3.63) is 51.4 Å². The molecule has 0 unspecified atom stereocenters. The van der Waals surface area contributed by atoms with Gasteiger partial charge in [0.2, 0.25) is 0 Å². The Hall–Kier alpha value is -1.30. The zero-order valence-corrected chi connectivity index (χ0v) is 10.3. The summed E-state index contributed by atoms with van der Waals surface area (Å²) in [6, 6.07) is 6.60. The number of halogens is 1. The summed E-state index contributed by atoms with van der Waals surface area (Å²) in [5.41, 5.74) is 0.481. The first-order valence-corrected chi connectivity index (χ1v) is 6.01. The number of nitrogens with one attached hydrogen (secondary N) is 1. The third kappa shape index (κ3) is 2.88. The number of hydrogen-bond donors (Lipinski definition) is 2. The number of aliphatic hydroxyl groups excluding tert-OH is 1. The number of rotatable bonds is 3. The van der Waals surface area contributed by atoms with Gasteiger partial charge in [-0.1, -0.05) is 23.7 Å². The molecule has 88 valence electrons. The number of aromatic amines is 1. The number of benzene rings is 1. The zero-order valence-electron chi connectivity index (χ0n) is 8.68.